The minimum atomic E-state index is -3.92. The van der Waals surface area contributed by atoms with Crippen molar-refractivity contribution in [3.63, 3.8) is 0 Å². The third kappa shape index (κ3) is 17.9. The molecule has 0 spiro atoms. The van der Waals surface area contributed by atoms with Gasteiger partial charge in [-0.05, 0) is 31.6 Å². The first kappa shape index (κ1) is 21.9. The van der Waals surface area contributed by atoms with Crippen LogP contribution in [0, 0.1) is 5.92 Å². The van der Waals surface area contributed by atoms with Gasteiger partial charge >= 0.3 is 0 Å². The lowest BCUT2D eigenvalue weighted by Crippen LogP contribution is -3.13. The largest absolute Gasteiger partial charge is 0.748 e. The average molecular weight is 336 g/mol. The van der Waals surface area contributed by atoms with E-state index in [2.05, 4.69) is 13.8 Å². The smallest absolute Gasteiger partial charge is 0.0916 e. The van der Waals surface area contributed by atoms with E-state index in [0.29, 0.717) is 6.26 Å². The monoisotopic (exact) mass is 335 g/mol. The van der Waals surface area contributed by atoms with Gasteiger partial charge in [0, 0.05) is 6.26 Å². The molecule has 1 fully saturated rings. The van der Waals surface area contributed by atoms with Crippen LogP contribution in [0.4, 0.5) is 0 Å². The highest BCUT2D eigenvalue weighted by atomic mass is 32.2. The first-order valence-corrected chi connectivity index (χ1v) is 10.9. The van der Waals surface area contributed by atoms with Crippen molar-refractivity contribution >= 4 is 10.1 Å². The lowest BCUT2D eigenvalue weighted by Gasteiger charge is -2.27. The van der Waals surface area contributed by atoms with Gasteiger partial charge in [0.1, 0.15) is 0 Å². The predicted molar refractivity (Wildman–Crippen MR) is 92.2 cm³/mol. The summed E-state index contributed by atoms with van der Waals surface area (Å²) in [6.45, 7) is 9.03. The molecule has 0 aromatic rings. The van der Waals surface area contributed by atoms with E-state index in [1.54, 1.807) is 0 Å². The van der Waals surface area contributed by atoms with Gasteiger partial charge in [0.2, 0.25) is 0 Å². The van der Waals surface area contributed by atoms with E-state index in [-0.39, 0.29) is 0 Å². The van der Waals surface area contributed by atoms with Gasteiger partial charge in [-0.3, -0.25) is 0 Å². The van der Waals surface area contributed by atoms with Crippen LogP contribution in [-0.4, -0.2) is 38.9 Å². The number of quaternary nitrogens is 1. The zero-order valence-corrected chi connectivity index (χ0v) is 15.7. The Morgan fingerprint density at radius 3 is 1.82 bits per heavy atom. The van der Waals surface area contributed by atoms with E-state index >= 15 is 0 Å². The highest BCUT2D eigenvalue weighted by molar-refractivity contribution is 7.84. The van der Waals surface area contributed by atoms with Gasteiger partial charge in [0.05, 0.1) is 29.8 Å². The third-order valence-electron chi connectivity index (χ3n) is 4.37. The number of hydrogen-bond donors (Lipinski definition) is 1. The average Bonchev–Trinajstić information content (AvgIpc) is 2.42. The molecule has 0 aromatic carbocycles. The van der Waals surface area contributed by atoms with Gasteiger partial charge in [0.25, 0.3) is 0 Å². The van der Waals surface area contributed by atoms with Gasteiger partial charge in [-0.25, -0.2) is 8.42 Å². The van der Waals surface area contributed by atoms with Crippen LogP contribution in [0.1, 0.15) is 78.1 Å². The minimum absolute atomic E-state index is 0.604. The molecule has 0 amide bonds. The van der Waals surface area contributed by atoms with E-state index in [9.17, 15) is 0 Å². The number of piperidine rings is 1. The molecular formula is C17H37NO3S. The molecular weight excluding hydrogens is 298 g/mol. The van der Waals surface area contributed by atoms with Crippen molar-refractivity contribution in [2.75, 3.05) is 25.9 Å². The normalized spacial score (nSPS) is 22.0. The molecule has 0 bridgehead atoms. The fraction of sp³-hybridized carbons (Fsp3) is 1.00. The summed E-state index contributed by atoms with van der Waals surface area (Å²) in [6.07, 6.45) is 15.2. The standard InChI is InChI=1S/C16H33N.CH4O3S/c1-3-4-5-6-7-8-9-10-13-17-14-11-16(2)12-15-17;1-5(2,3)4/h16H,3-15H2,1-2H3;1H3,(H,2,3,4). The first-order valence-electron chi connectivity index (χ1n) is 9.07. The number of unbranched alkanes of at least 4 members (excludes halogenated alkanes) is 7. The lowest BCUT2D eigenvalue weighted by atomic mass is 9.99. The molecule has 1 aliphatic heterocycles. The number of likely N-dealkylation sites (tertiary alicyclic amines) is 1. The molecule has 1 rings (SSSR count). The van der Waals surface area contributed by atoms with Crippen LogP contribution in [0.15, 0.2) is 0 Å². The lowest BCUT2D eigenvalue weighted by molar-refractivity contribution is -0.906. The minimum Gasteiger partial charge on any atom is -0.748 e. The maximum Gasteiger partial charge on any atom is 0.0916 e. The highest BCUT2D eigenvalue weighted by Gasteiger charge is 2.17. The summed E-state index contributed by atoms with van der Waals surface area (Å²) in [4.78, 5) is 1.88. The molecule has 1 N–H and O–H groups in total. The molecule has 0 radical (unpaired) electrons. The Morgan fingerprint density at radius 2 is 1.36 bits per heavy atom. The Bertz CT molecular complexity index is 328. The van der Waals surface area contributed by atoms with Crippen LogP contribution in [0.25, 0.3) is 0 Å². The molecule has 1 heterocycles. The van der Waals surface area contributed by atoms with Crippen molar-refractivity contribution < 1.29 is 17.9 Å². The molecule has 0 saturated carbocycles. The second-order valence-electron chi connectivity index (χ2n) is 6.86. The van der Waals surface area contributed by atoms with E-state index in [0.717, 1.165) is 5.92 Å². The van der Waals surface area contributed by atoms with Crippen LogP contribution in [0.5, 0.6) is 0 Å². The summed E-state index contributed by atoms with van der Waals surface area (Å²) in [7, 11) is -3.92. The summed E-state index contributed by atoms with van der Waals surface area (Å²) in [5.41, 5.74) is 0. The van der Waals surface area contributed by atoms with Crippen molar-refractivity contribution in [3.8, 4) is 0 Å². The molecule has 134 valence electrons. The first-order chi connectivity index (χ1) is 10.3. The van der Waals surface area contributed by atoms with Gasteiger partial charge in [-0.1, -0.05) is 52.4 Å². The van der Waals surface area contributed by atoms with Crippen LogP contribution in [-0.2, 0) is 10.1 Å². The molecule has 4 nitrogen and oxygen atoms in total. The van der Waals surface area contributed by atoms with Gasteiger partial charge in [0.15, 0.2) is 0 Å². The van der Waals surface area contributed by atoms with Gasteiger partial charge in [-0.15, -0.1) is 0 Å². The van der Waals surface area contributed by atoms with E-state index in [1.165, 1.54) is 83.8 Å². The quantitative estimate of drug-likeness (QED) is 0.520. The number of nitrogens with one attached hydrogen (secondary N) is 1. The molecule has 22 heavy (non-hydrogen) atoms. The Labute approximate surface area is 138 Å². The fourth-order valence-electron chi connectivity index (χ4n) is 2.93. The third-order valence-corrected chi connectivity index (χ3v) is 4.37. The molecule has 0 aliphatic carbocycles. The summed E-state index contributed by atoms with van der Waals surface area (Å²) in [5.74, 6) is 0.998. The number of rotatable bonds is 9. The second kappa shape index (κ2) is 13.3. The molecule has 0 atom stereocenters. The summed E-state index contributed by atoms with van der Waals surface area (Å²) < 4.78 is 27.2. The van der Waals surface area contributed by atoms with Crippen molar-refractivity contribution in [2.24, 2.45) is 5.92 Å². The van der Waals surface area contributed by atoms with Crippen LogP contribution in [0.2, 0.25) is 0 Å². The molecule has 5 heteroatoms. The van der Waals surface area contributed by atoms with Crippen LogP contribution < -0.4 is 4.90 Å². The zero-order valence-electron chi connectivity index (χ0n) is 14.9. The topological polar surface area (TPSA) is 61.6 Å². The maximum atomic E-state index is 9.08. The Balaban J connectivity index is 0.000000763. The molecule has 1 saturated heterocycles. The summed E-state index contributed by atoms with van der Waals surface area (Å²) in [6, 6.07) is 0. The number of hydrogen-bond acceptors (Lipinski definition) is 3. The summed E-state index contributed by atoms with van der Waals surface area (Å²) in [5, 5.41) is 0. The van der Waals surface area contributed by atoms with Crippen LogP contribution in [0.3, 0.4) is 0 Å². The van der Waals surface area contributed by atoms with Gasteiger partial charge in [-0.2, -0.15) is 0 Å². The molecule has 1 aliphatic rings. The van der Waals surface area contributed by atoms with Crippen LogP contribution >= 0.6 is 0 Å². The van der Waals surface area contributed by atoms with E-state index < -0.39 is 10.1 Å². The van der Waals surface area contributed by atoms with E-state index in [1.807, 2.05) is 4.90 Å². The predicted octanol–water partition coefficient (Wildman–Crippen LogP) is 2.60. The summed E-state index contributed by atoms with van der Waals surface area (Å²) >= 11 is 0. The second-order valence-corrected chi connectivity index (χ2v) is 8.27. The Hall–Kier alpha value is -0.130. The zero-order chi connectivity index (χ0) is 16.8. The van der Waals surface area contributed by atoms with E-state index in [4.69, 9.17) is 13.0 Å². The molecule has 0 aromatic heterocycles. The Kier molecular flexibility index (Phi) is 13.2. The van der Waals surface area contributed by atoms with Crippen molar-refractivity contribution in [3.05, 3.63) is 0 Å². The Morgan fingerprint density at radius 1 is 0.955 bits per heavy atom. The maximum absolute atomic E-state index is 9.08. The SMILES string of the molecule is CCCCCCCCCC[NH+]1CCC(C)CC1.CS(=O)(=O)[O-]. The molecule has 0 unspecified atom stereocenters. The van der Waals surface area contributed by atoms with Crippen molar-refractivity contribution in [2.45, 2.75) is 78.1 Å². The van der Waals surface area contributed by atoms with Gasteiger partial charge < -0.3 is 9.45 Å². The van der Waals surface area contributed by atoms with Crippen molar-refractivity contribution in [1.29, 1.82) is 0 Å². The fourth-order valence-corrected chi connectivity index (χ4v) is 2.93. The highest BCUT2D eigenvalue weighted by Crippen LogP contribution is 2.09. The van der Waals surface area contributed by atoms with Crippen molar-refractivity contribution in [1.82, 2.24) is 0 Å².